The molecule has 0 radical (unpaired) electrons. The van der Waals surface area contributed by atoms with Crippen molar-refractivity contribution >= 4 is 22.4 Å². The lowest BCUT2D eigenvalue weighted by molar-refractivity contribution is 0.102. The first kappa shape index (κ1) is 15.8. The number of amides is 1. The van der Waals surface area contributed by atoms with E-state index >= 15 is 0 Å². The number of aromatic nitrogens is 2. The maximum Gasteiger partial charge on any atom is 0.276 e. The predicted molar refractivity (Wildman–Crippen MR) is 86.0 cm³/mol. The van der Waals surface area contributed by atoms with Crippen molar-refractivity contribution < 1.29 is 13.6 Å². The van der Waals surface area contributed by atoms with E-state index < -0.39 is 17.5 Å². The SMILES string of the molecule is CCn1nc(C(=O)Nc2ccc(F)cc2F)c2ccccc2c1=O. The average Bonchev–Trinajstić information content (AvgIpc) is 2.58. The summed E-state index contributed by atoms with van der Waals surface area (Å²) in [5, 5.41) is 7.13. The Balaban J connectivity index is 2.10. The van der Waals surface area contributed by atoms with Crippen molar-refractivity contribution in [3.05, 3.63) is 70.1 Å². The van der Waals surface area contributed by atoms with Crippen LogP contribution in [0.25, 0.3) is 10.8 Å². The van der Waals surface area contributed by atoms with Crippen LogP contribution in [0.1, 0.15) is 17.4 Å². The molecule has 0 unspecified atom stereocenters. The number of aryl methyl sites for hydroxylation is 1. The van der Waals surface area contributed by atoms with Gasteiger partial charge in [-0.25, -0.2) is 13.5 Å². The Bertz CT molecular complexity index is 999. The third kappa shape index (κ3) is 2.76. The molecule has 1 aromatic heterocycles. The van der Waals surface area contributed by atoms with Crippen LogP contribution in [0.2, 0.25) is 0 Å². The van der Waals surface area contributed by atoms with Gasteiger partial charge in [0.25, 0.3) is 11.5 Å². The summed E-state index contributed by atoms with van der Waals surface area (Å²) in [5.41, 5.74) is -0.477. The summed E-state index contributed by atoms with van der Waals surface area (Å²) >= 11 is 0. The summed E-state index contributed by atoms with van der Waals surface area (Å²) in [7, 11) is 0. The molecule has 0 aliphatic heterocycles. The average molecular weight is 329 g/mol. The smallest absolute Gasteiger partial charge is 0.276 e. The molecule has 1 amide bonds. The van der Waals surface area contributed by atoms with Gasteiger partial charge in [-0.05, 0) is 25.1 Å². The van der Waals surface area contributed by atoms with Crippen molar-refractivity contribution in [1.82, 2.24) is 9.78 Å². The molecule has 0 bridgehead atoms. The molecule has 3 aromatic rings. The number of hydrogen-bond acceptors (Lipinski definition) is 3. The number of nitrogens with one attached hydrogen (secondary N) is 1. The number of halogens is 2. The summed E-state index contributed by atoms with van der Waals surface area (Å²) in [6.07, 6.45) is 0. The van der Waals surface area contributed by atoms with Crippen LogP contribution in [0.4, 0.5) is 14.5 Å². The number of anilines is 1. The topological polar surface area (TPSA) is 64.0 Å². The molecule has 0 fully saturated rings. The summed E-state index contributed by atoms with van der Waals surface area (Å²) in [4.78, 5) is 24.7. The molecule has 1 heterocycles. The van der Waals surface area contributed by atoms with Crippen LogP contribution in [0.15, 0.2) is 47.3 Å². The Kier molecular flexibility index (Phi) is 4.07. The lowest BCUT2D eigenvalue weighted by atomic mass is 10.1. The highest BCUT2D eigenvalue weighted by Gasteiger charge is 2.17. The van der Waals surface area contributed by atoms with Crippen LogP contribution in [-0.4, -0.2) is 15.7 Å². The molecule has 0 saturated heterocycles. The second kappa shape index (κ2) is 6.19. The lowest BCUT2D eigenvalue weighted by Crippen LogP contribution is -2.27. The Morgan fingerprint density at radius 2 is 1.88 bits per heavy atom. The number of benzene rings is 2. The van der Waals surface area contributed by atoms with Crippen LogP contribution in [0, 0.1) is 11.6 Å². The maximum atomic E-state index is 13.7. The van der Waals surface area contributed by atoms with Gasteiger partial charge in [-0.1, -0.05) is 18.2 Å². The first-order valence-electron chi connectivity index (χ1n) is 7.27. The van der Waals surface area contributed by atoms with Crippen LogP contribution in [0.3, 0.4) is 0 Å². The van der Waals surface area contributed by atoms with E-state index in [0.717, 1.165) is 16.8 Å². The highest BCUT2D eigenvalue weighted by atomic mass is 19.1. The van der Waals surface area contributed by atoms with Gasteiger partial charge in [0.15, 0.2) is 5.69 Å². The van der Waals surface area contributed by atoms with E-state index in [2.05, 4.69) is 10.4 Å². The van der Waals surface area contributed by atoms with Gasteiger partial charge < -0.3 is 5.32 Å². The minimum absolute atomic E-state index is 0.00391. The number of rotatable bonds is 3. The van der Waals surface area contributed by atoms with E-state index in [4.69, 9.17) is 0 Å². The van der Waals surface area contributed by atoms with Crippen LogP contribution >= 0.6 is 0 Å². The highest BCUT2D eigenvalue weighted by Crippen LogP contribution is 2.18. The van der Waals surface area contributed by atoms with Crippen molar-refractivity contribution in [2.75, 3.05) is 5.32 Å². The van der Waals surface area contributed by atoms with Crippen molar-refractivity contribution in [3.8, 4) is 0 Å². The van der Waals surface area contributed by atoms with E-state index in [1.54, 1.807) is 31.2 Å². The molecule has 0 aliphatic rings. The summed E-state index contributed by atoms with van der Waals surface area (Å²) in [6, 6.07) is 9.40. The van der Waals surface area contributed by atoms with E-state index in [9.17, 15) is 18.4 Å². The molecule has 7 heteroatoms. The number of carbonyl (C=O) groups excluding carboxylic acids is 1. The molecule has 0 atom stereocenters. The fourth-order valence-electron chi connectivity index (χ4n) is 2.39. The van der Waals surface area contributed by atoms with Gasteiger partial charge in [0.1, 0.15) is 11.6 Å². The molecule has 2 aromatic carbocycles. The van der Waals surface area contributed by atoms with E-state index in [1.807, 2.05) is 0 Å². The van der Waals surface area contributed by atoms with E-state index in [-0.39, 0.29) is 23.5 Å². The number of nitrogens with zero attached hydrogens (tertiary/aromatic N) is 2. The zero-order chi connectivity index (χ0) is 17.3. The molecular weight excluding hydrogens is 316 g/mol. The molecule has 0 saturated carbocycles. The Hall–Kier alpha value is -3.09. The number of hydrogen-bond donors (Lipinski definition) is 1. The van der Waals surface area contributed by atoms with Crippen molar-refractivity contribution in [1.29, 1.82) is 0 Å². The Morgan fingerprint density at radius 3 is 2.54 bits per heavy atom. The zero-order valence-electron chi connectivity index (χ0n) is 12.7. The van der Waals surface area contributed by atoms with E-state index in [1.165, 1.54) is 0 Å². The molecule has 5 nitrogen and oxygen atoms in total. The molecule has 3 rings (SSSR count). The molecule has 122 valence electrons. The molecule has 24 heavy (non-hydrogen) atoms. The summed E-state index contributed by atoms with van der Waals surface area (Å²) in [5.74, 6) is -2.32. The fraction of sp³-hybridized carbons (Fsp3) is 0.118. The highest BCUT2D eigenvalue weighted by molar-refractivity contribution is 6.11. The molecule has 0 spiro atoms. The van der Waals surface area contributed by atoms with Gasteiger partial charge in [0.2, 0.25) is 0 Å². The second-order valence-corrected chi connectivity index (χ2v) is 5.09. The Labute approximate surface area is 135 Å². The van der Waals surface area contributed by atoms with Gasteiger partial charge in [0, 0.05) is 18.0 Å². The first-order chi connectivity index (χ1) is 11.5. The normalized spacial score (nSPS) is 10.8. The molecule has 1 N–H and O–H groups in total. The summed E-state index contributed by atoms with van der Waals surface area (Å²) in [6.45, 7) is 2.01. The van der Waals surface area contributed by atoms with Crippen LogP contribution in [0.5, 0.6) is 0 Å². The van der Waals surface area contributed by atoms with Crippen molar-refractivity contribution in [2.24, 2.45) is 0 Å². The second-order valence-electron chi connectivity index (χ2n) is 5.09. The Morgan fingerprint density at radius 1 is 1.17 bits per heavy atom. The predicted octanol–water partition coefficient (Wildman–Crippen LogP) is 2.95. The van der Waals surface area contributed by atoms with Gasteiger partial charge >= 0.3 is 0 Å². The minimum Gasteiger partial charge on any atom is -0.318 e. The van der Waals surface area contributed by atoms with Crippen LogP contribution in [-0.2, 0) is 6.54 Å². The summed E-state index contributed by atoms with van der Waals surface area (Å²) < 4.78 is 27.8. The molecule has 0 aliphatic carbocycles. The third-order valence-corrected chi connectivity index (χ3v) is 3.56. The minimum atomic E-state index is -0.892. The monoisotopic (exact) mass is 329 g/mol. The van der Waals surface area contributed by atoms with Crippen molar-refractivity contribution in [3.63, 3.8) is 0 Å². The number of carbonyl (C=O) groups is 1. The van der Waals surface area contributed by atoms with Crippen LogP contribution < -0.4 is 10.9 Å². The van der Waals surface area contributed by atoms with Gasteiger partial charge in [0.05, 0.1) is 11.1 Å². The zero-order valence-corrected chi connectivity index (χ0v) is 12.7. The fourth-order valence-corrected chi connectivity index (χ4v) is 2.39. The maximum absolute atomic E-state index is 13.7. The lowest BCUT2D eigenvalue weighted by Gasteiger charge is -2.10. The van der Waals surface area contributed by atoms with Gasteiger partial charge in [-0.3, -0.25) is 9.59 Å². The number of fused-ring (bicyclic) bond motifs is 1. The quantitative estimate of drug-likeness (QED) is 0.803. The molecular formula is C17H13F2N3O2. The van der Waals surface area contributed by atoms with Crippen molar-refractivity contribution in [2.45, 2.75) is 13.5 Å². The standard InChI is InChI=1S/C17H13F2N3O2/c1-2-22-17(24)12-6-4-3-5-11(12)15(21-22)16(23)20-14-8-7-10(18)9-13(14)19/h3-9H,2H2,1H3,(H,20,23). The third-order valence-electron chi connectivity index (χ3n) is 3.56. The van der Waals surface area contributed by atoms with E-state index in [0.29, 0.717) is 16.8 Å². The largest absolute Gasteiger partial charge is 0.318 e. The van der Waals surface area contributed by atoms with Gasteiger partial charge in [-0.2, -0.15) is 5.10 Å². The van der Waals surface area contributed by atoms with Gasteiger partial charge in [-0.15, -0.1) is 0 Å². The first-order valence-corrected chi connectivity index (χ1v) is 7.27.